The van der Waals surface area contributed by atoms with E-state index in [0.717, 1.165) is 5.56 Å². The van der Waals surface area contributed by atoms with Crippen LogP contribution < -0.4 is 16.6 Å². The first-order valence-electron chi connectivity index (χ1n) is 10.7. The molecule has 0 saturated heterocycles. The zero-order valence-electron chi connectivity index (χ0n) is 18.7. The first-order valence-corrected chi connectivity index (χ1v) is 10.7. The molecule has 2 amide bonds. The van der Waals surface area contributed by atoms with Crippen LogP contribution in [-0.2, 0) is 17.7 Å². The summed E-state index contributed by atoms with van der Waals surface area (Å²) in [6.07, 6.45) is 3.76. The van der Waals surface area contributed by atoms with E-state index in [0.29, 0.717) is 25.8 Å². The molecule has 0 radical (unpaired) electrons. The summed E-state index contributed by atoms with van der Waals surface area (Å²) in [5.74, 6) is -0.897. The van der Waals surface area contributed by atoms with E-state index >= 15 is 0 Å². The highest BCUT2D eigenvalue weighted by atomic mass is 16.6. The minimum absolute atomic E-state index is 0.156. The monoisotopic (exact) mass is 452 g/mol. The summed E-state index contributed by atoms with van der Waals surface area (Å²) < 4.78 is 6.56. The molecule has 0 bridgehead atoms. The smallest absolute Gasteiger partial charge is 0.405 e. The Labute approximate surface area is 191 Å². The van der Waals surface area contributed by atoms with E-state index in [1.165, 1.54) is 6.20 Å². The summed E-state index contributed by atoms with van der Waals surface area (Å²) >= 11 is 0. The molecule has 3 rings (SSSR count). The predicted molar refractivity (Wildman–Crippen MR) is 124 cm³/mol. The number of nitrogens with two attached hydrogens (primary N) is 1. The standard InChI is InChI=1S/C24H28N4O5/c1-24(2,33-23(25)32)11-6-12-26-21(30)19-20(29)17-10-14-28(22(31)18(17)15-27-19)13-9-16-7-4-3-5-8-16/h3-5,7-8,10,14-15,29H,6,9,11-13H2,1-2H3,(H2,25,32)(H,26,30). The van der Waals surface area contributed by atoms with Gasteiger partial charge in [0.1, 0.15) is 5.60 Å². The number of carbonyl (C=O) groups is 2. The molecule has 2 heterocycles. The van der Waals surface area contributed by atoms with Crippen molar-refractivity contribution in [3.8, 4) is 5.75 Å². The molecular formula is C24H28N4O5. The average Bonchev–Trinajstić information content (AvgIpc) is 2.76. The van der Waals surface area contributed by atoms with Crippen LogP contribution in [0.4, 0.5) is 4.79 Å². The van der Waals surface area contributed by atoms with Crippen molar-refractivity contribution in [2.75, 3.05) is 6.54 Å². The first kappa shape index (κ1) is 23.8. The lowest BCUT2D eigenvalue weighted by Crippen LogP contribution is -2.33. The lowest BCUT2D eigenvalue weighted by molar-refractivity contribution is 0.0375. The number of carbonyl (C=O) groups excluding carboxylic acids is 2. The van der Waals surface area contributed by atoms with Gasteiger partial charge < -0.3 is 25.5 Å². The minimum atomic E-state index is -0.853. The molecule has 0 aliphatic heterocycles. The molecule has 174 valence electrons. The number of aromatic nitrogens is 2. The molecule has 1 aromatic carbocycles. The van der Waals surface area contributed by atoms with E-state index in [1.54, 1.807) is 30.7 Å². The van der Waals surface area contributed by atoms with E-state index in [1.807, 2.05) is 30.3 Å². The van der Waals surface area contributed by atoms with Crippen LogP contribution in [-0.4, -0.2) is 38.8 Å². The molecule has 0 aliphatic rings. The van der Waals surface area contributed by atoms with Gasteiger partial charge in [0, 0.05) is 30.9 Å². The number of hydrogen-bond donors (Lipinski definition) is 3. The fourth-order valence-electron chi connectivity index (χ4n) is 3.60. The fraction of sp³-hybridized carbons (Fsp3) is 0.333. The number of nitrogens with zero attached hydrogens (tertiary/aromatic N) is 2. The average molecular weight is 453 g/mol. The third kappa shape index (κ3) is 6.09. The number of hydrogen-bond acceptors (Lipinski definition) is 6. The van der Waals surface area contributed by atoms with Crippen molar-refractivity contribution in [3.05, 3.63) is 70.4 Å². The number of aromatic hydroxyl groups is 1. The molecule has 0 unspecified atom stereocenters. The second kappa shape index (κ2) is 10.2. The van der Waals surface area contributed by atoms with Crippen molar-refractivity contribution in [2.24, 2.45) is 5.73 Å². The van der Waals surface area contributed by atoms with Crippen LogP contribution in [0.5, 0.6) is 5.75 Å². The number of primary amides is 1. The van der Waals surface area contributed by atoms with Crippen molar-refractivity contribution >= 4 is 22.8 Å². The van der Waals surface area contributed by atoms with Crippen LogP contribution in [0.15, 0.2) is 53.6 Å². The maximum absolute atomic E-state index is 12.8. The maximum Gasteiger partial charge on any atom is 0.405 e. The number of aryl methyl sites for hydroxylation is 2. The number of ether oxygens (including phenoxy) is 1. The Balaban J connectivity index is 1.67. The van der Waals surface area contributed by atoms with Gasteiger partial charge in [0.25, 0.3) is 11.5 Å². The Kier molecular flexibility index (Phi) is 7.32. The largest absolute Gasteiger partial charge is 0.505 e. The molecule has 9 heteroatoms. The van der Waals surface area contributed by atoms with E-state index in [-0.39, 0.29) is 34.3 Å². The van der Waals surface area contributed by atoms with Crippen molar-refractivity contribution < 1.29 is 19.4 Å². The summed E-state index contributed by atoms with van der Waals surface area (Å²) in [4.78, 5) is 40.3. The SMILES string of the molecule is CC(C)(CCCNC(=O)c1ncc2c(=O)n(CCc3ccccc3)ccc2c1O)OC(N)=O. The Morgan fingerprint density at radius 1 is 1.18 bits per heavy atom. The quantitative estimate of drug-likeness (QED) is 0.427. The van der Waals surface area contributed by atoms with Crippen LogP contribution >= 0.6 is 0 Å². The Bertz CT molecular complexity index is 1200. The lowest BCUT2D eigenvalue weighted by Gasteiger charge is -2.23. The van der Waals surface area contributed by atoms with Gasteiger partial charge in [-0.1, -0.05) is 30.3 Å². The van der Waals surface area contributed by atoms with Crippen LogP contribution in [0.1, 0.15) is 42.7 Å². The van der Waals surface area contributed by atoms with Gasteiger partial charge in [0.05, 0.1) is 5.39 Å². The van der Waals surface area contributed by atoms with Gasteiger partial charge in [-0.3, -0.25) is 9.59 Å². The molecule has 4 N–H and O–H groups in total. The van der Waals surface area contributed by atoms with Crippen molar-refractivity contribution in [1.82, 2.24) is 14.9 Å². The molecule has 2 aromatic heterocycles. The summed E-state index contributed by atoms with van der Waals surface area (Å²) in [5, 5.41) is 13.8. The number of amides is 2. The highest BCUT2D eigenvalue weighted by Gasteiger charge is 2.22. The summed E-state index contributed by atoms with van der Waals surface area (Å²) in [7, 11) is 0. The molecule has 33 heavy (non-hydrogen) atoms. The molecule has 0 aliphatic carbocycles. The van der Waals surface area contributed by atoms with Gasteiger partial charge in [-0.2, -0.15) is 0 Å². The minimum Gasteiger partial charge on any atom is -0.505 e. The molecule has 0 spiro atoms. The number of benzene rings is 1. The molecule has 3 aromatic rings. The molecule has 0 atom stereocenters. The van der Waals surface area contributed by atoms with Gasteiger partial charge in [-0.05, 0) is 44.7 Å². The number of rotatable bonds is 9. The number of fused-ring (bicyclic) bond motifs is 1. The zero-order chi connectivity index (χ0) is 24.0. The topological polar surface area (TPSA) is 137 Å². The Morgan fingerprint density at radius 2 is 1.91 bits per heavy atom. The van der Waals surface area contributed by atoms with E-state index in [2.05, 4.69) is 10.3 Å². The Morgan fingerprint density at radius 3 is 2.61 bits per heavy atom. The third-order valence-electron chi connectivity index (χ3n) is 5.32. The second-order valence-corrected chi connectivity index (χ2v) is 8.37. The van der Waals surface area contributed by atoms with E-state index < -0.39 is 17.6 Å². The highest BCUT2D eigenvalue weighted by Crippen LogP contribution is 2.25. The van der Waals surface area contributed by atoms with Gasteiger partial charge in [-0.25, -0.2) is 9.78 Å². The fourth-order valence-corrected chi connectivity index (χ4v) is 3.60. The van der Waals surface area contributed by atoms with Crippen molar-refractivity contribution in [3.63, 3.8) is 0 Å². The normalized spacial score (nSPS) is 11.3. The van der Waals surface area contributed by atoms with Crippen LogP contribution in [0.2, 0.25) is 0 Å². The summed E-state index contributed by atoms with van der Waals surface area (Å²) in [6.45, 7) is 4.22. The molecule has 0 fully saturated rings. The van der Waals surface area contributed by atoms with Crippen molar-refractivity contribution in [2.45, 2.75) is 45.3 Å². The van der Waals surface area contributed by atoms with Crippen molar-refractivity contribution in [1.29, 1.82) is 0 Å². The molecular weight excluding hydrogens is 424 g/mol. The summed E-state index contributed by atoms with van der Waals surface area (Å²) in [5.41, 5.74) is 4.97. The third-order valence-corrected chi connectivity index (χ3v) is 5.32. The molecule has 0 saturated carbocycles. The van der Waals surface area contributed by atoms with Gasteiger partial charge >= 0.3 is 6.09 Å². The van der Waals surface area contributed by atoms with E-state index in [9.17, 15) is 19.5 Å². The van der Waals surface area contributed by atoms with Gasteiger partial charge in [0.2, 0.25) is 0 Å². The number of nitrogens with one attached hydrogen (secondary N) is 1. The Hall–Kier alpha value is -3.88. The number of pyridine rings is 2. The summed E-state index contributed by atoms with van der Waals surface area (Å²) in [6, 6.07) is 11.4. The predicted octanol–water partition coefficient (Wildman–Crippen LogP) is 2.73. The van der Waals surface area contributed by atoms with Crippen LogP contribution in [0.3, 0.4) is 0 Å². The first-order chi connectivity index (χ1) is 15.7. The van der Waals surface area contributed by atoms with Gasteiger partial charge in [0.15, 0.2) is 11.4 Å². The van der Waals surface area contributed by atoms with Gasteiger partial charge in [-0.15, -0.1) is 0 Å². The zero-order valence-corrected chi connectivity index (χ0v) is 18.7. The maximum atomic E-state index is 12.8. The lowest BCUT2D eigenvalue weighted by atomic mass is 10.0. The second-order valence-electron chi connectivity index (χ2n) is 8.37. The van der Waals surface area contributed by atoms with Crippen LogP contribution in [0, 0.1) is 0 Å². The van der Waals surface area contributed by atoms with Crippen LogP contribution in [0.25, 0.3) is 10.8 Å². The molecule has 9 nitrogen and oxygen atoms in total. The van der Waals surface area contributed by atoms with E-state index in [4.69, 9.17) is 10.5 Å². The highest BCUT2D eigenvalue weighted by molar-refractivity contribution is 6.01.